The van der Waals surface area contributed by atoms with E-state index in [2.05, 4.69) is 17.1 Å². The van der Waals surface area contributed by atoms with Gasteiger partial charge in [0.15, 0.2) is 11.6 Å². The second-order valence-electron chi connectivity index (χ2n) is 8.36. The zero-order valence-electron chi connectivity index (χ0n) is 19.5. The molecule has 1 aromatic heterocycles. The predicted octanol–water partition coefficient (Wildman–Crippen LogP) is 4.72. The van der Waals surface area contributed by atoms with Gasteiger partial charge in [-0.3, -0.25) is 14.6 Å². The van der Waals surface area contributed by atoms with Crippen molar-refractivity contribution in [2.45, 2.75) is 19.3 Å². The summed E-state index contributed by atoms with van der Waals surface area (Å²) in [6, 6.07) is 18.1. The Labute approximate surface area is 204 Å². The lowest BCUT2D eigenvalue weighted by atomic mass is 10.1. The SMILES string of the molecule is O=C(/C=C/c1ccc(Oc2cccnc2)c(F)c1)N1CCN(C(=O)CCCc2ccccc2)CC1. The molecule has 7 heteroatoms. The maximum Gasteiger partial charge on any atom is 0.246 e. The Morgan fingerprint density at radius 2 is 1.74 bits per heavy atom. The van der Waals surface area contributed by atoms with Crippen LogP contribution >= 0.6 is 0 Å². The molecule has 180 valence electrons. The Kier molecular flexibility index (Phi) is 8.22. The second kappa shape index (κ2) is 11.9. The highest BCUT2D eigenvalue weighted by atomic mass is 19.1. The number of rotatable bonds is 8. The Balaban J connectivity index is 1.22. The van der Waals surface area contributed by atoms with Gasteiger partial charge in [-0.2, -0.15) is 0 Å². The Bertz CT molecular complexity index is 1160. The minimum atomic E-state index is -0.525. The van der Waals surface area contributed by atoms with Crippen molar-refractivity contribution in [2.75, 3.05) is 26.2 Å². The van der Waals surface area contributed by atoms with Crippen LogP contribution in [0, 0.1) is 5.82 Å². The average Bonchev–Trinajstić information content (AvgIpc) is 2.90. The molecular weight excluding hydrogens is 445 g/mol. The van der Waals surface area contributed by atoms with Crippen molar-refractivity contribution in [1.82, 2.24) is 14.8 Å². The van der Waals surface area contributed by atoms with Gasteiger partial charge in [0.05, 0.1) is 6.20 Å². The lowest BCUT2D eigenvalue weighted by Crippen LogP contribution is -2.50. The summed E-state index contributed by atoms with van der Waals surface area (Å²) in [4.78, 5) is 32.6. The highest BCUT2D eigenvalue weighted by Crippen LogP contribution is 2.25. The first-order valence-corrected chi connectivity index (χ1v) is 11.7. The number of carbonyl (C=O) groups excluding carboxylic acids is 2. The standard InChI is InChI=1S/C28H28FN3O3/c29-25-20-23(11-13-26(25)35-24-9-5-15-30-21-24)12-14-28(34)32-18-16-31(17-19-32)27(33)10-4-8-22-6-2-1-3-7-22/h1-3,5-7,9,11-15,20-21H,4,8,10,16-19H2/b14-12+. The molecule has 1 fully saturated rings. The molecule has 3 aromatic rings. The number of amides is 2. The van der Waals surface area contributed by atoms with Crippen LogP contribution in [0.5, 0.6) is 11.5 Å². The van der Waals surface area contributed by atoms with Gasteiger partial charge in [0.25, 0.3) is 0 Å². The quantitative estimate of drug-likeness (QED) is 0.444. The Hall–Kier alpha value is -4.00. The molecule has 4 rings (SSSR count). The molecule has 2 heterocycles. The van der Waals surface area contributed by atoms with Crippen molar-refractivity contribution < 1.29 is 18.7 Å². The summed E-state index contributed by atoms with van der Waals surface area (Å²) in [6.45, 7) is 2.03. The van der Waals surface area contributed by atoms with Crippen LogP contribution in [0.1, 0.15) is 24.0 Å². The number of halogens is 1. The fourth-order valence-electron chi connectivity index (χ4n) is 3.93. The average molecular weight is 474 g/mol. The molecule has 0 spiro atoms. The number of aromatic nitrogens is 1. The molecule has 1 aliphatic heterocycles. The zero-order chi connectivity index (χ0) is 24.5. The summed E-state index contributed by atoms with van der Waals surface area (Å²) in [6.07, 6.45) is 8.34. The molecule has 2 amide bonds. The predicted molar refractivity (Wildman–Crippen MR) is 132 cm³/mol. The number of hydrogen-bond acceptors (Lipinski definition) is 4. The van der Waals surface area contributed by atoms with Crippen LogP contribution in [0.25, 0.3) is 6.08 Å². The first-order chi connectivity index (χ1) is 17.1. The molecule has 0 atom stereocenters. The van der Waals surface area contributed by atoms with E-state index < -0.39 is 5.82 Å². The van der Waals surface area contributed by atoms with Gasteiger partial charge in [0.2, 0.25) is 11.8 Å². The number of pyridine rings is 1. The third-order valence-corrected chi connectivity index (χ3v) is 5.88. The molecule has 1 aliphatic rings. The fourth-order valence-corrected chi connectivity index (χ4v) is 3.93. The number of aryl methyl sites for hydroxylation is 1. The number of piperazine rings is 1. The molecule has 35 heavy (non-hydrogen) atoms. The van der Waals surface area contributed by atoms with Gasteiger partial charge < -0.3 is 14.5 Å². The smallest absolute Gasteiger partial charge is 0.246 e. The van der Waals surface area contributed by atoms with Gasteiger partial charge in [-0.25, -0.2) is 4.39 Å². The van der Waals surface area contributed by atoms with E-state index in [4.69, 9.17) is 4.74 Å². The highest BCUT2D eigenvalue weighted by Gasteiger charge is 2.22. The largest absolute Gasteiger partial charge is 0.453 e. The van der Waals surface area contributed by atoms with Crippen LogP contribution in [0.3, 0.4) is 0 Å². The van der Waals surface area contributed by atoms with Gasteiger partial charge in [-0.15, -0.1) is 0 Å². The summed E-state index contributed by atoms with van der Waals surface area (Å²) < 4.78 is 19.9. The highest BCUT2D eigenvalue weighted by molar-refractivity contribution is 5.92. The third-order valence-electron chi connectivity index (χ3n) is 5.88. The van der Waals surface area contributed by atoms with Crippen molar-refractivity contribution in [3.05, 3.63) is 96.1 Å². The summed E-state index contributed by atoms with van der Waals surface area (Å²) in [7, 11) is 0. The molecule has 0 radical (unpaired) electrons. The molecular formula is C28H28FN3O3. The topological polar surface area (TPSA) is 62.7 Å². The minimum Gasteiger partial charge on any atom is -0.453 e. The van der Waals surface area contributed by atoms with Crippen molar-refractivity contribution in [1.29, 1.82) is 0 Å². The minimum absolute atomic E-state index is 0.0889. The van der Waals surface area contributed by atoms with E-state index in [1.807, 2.05) is 23.1 Å². The van der Waals surface area contributed by atoms with Crippen LogP contribution in [0.2, 0.25) is 0 Å². The van der Waals surface area contributed by atoms with Gasteiger partial charge in [-0.1, -0.05) is 36.4 Å². The number of ether oxygens (including phenoxy) is 1. The Morgan fingerprint density at radius 1 is 0.971 bits per heavy atom. The second-order valence-corrected chi connectivity index (χ2v) is 8.36. The van der Waals surface area contributed by atoms with Gasteiger partial charge in [0, 0.05) is 44.9 Å². The van der Waals surface area contributed by atoms with Crippen molar-refractivity contribution in [3.8, 4) is 11.5 Å². The first-order valence-electron chi connectivity index (χ1n) is 11.7. The molecule has 0 aliphatic carbocycles. The normalized spacial score (nSPS) is 13.7. The molecule has 1 saturated heterocycles. The van der Waals surface area contributed by atoms with Crippen LogP contribution in [0.4, 0.5) is 4.39 Å². The lowest BCUT2D eigenvalue weighted by molar-refractivity contribution is -0.137. The van der Waals surface area contributed by atoms with Crippen LogP contribution < -0.4 is 4.74 Å². The molecule has 0 N–H and O–H groups in total. The summed E-state index contributed by atoms with van der Waals surface area (Å²) in [5.41, 5.74) is 1.79. The van der Waals surface area contributed by atoms with Crippen LogP contribution in [-0.4, -0.2) is 52.8 Å². The summed E-state index contributed by atoms with van der Waals surface area (Å²) >= 11 is 0. The number of carbonyl (C=O) groups is 2. The van der Waals surface area contributed by atoms with E-state index in [0.717, 1.165) is 12.8 Å². The van der Waals surface area contributed by atoms with E-state index in [0.29, 0.717) is 43.9 Å². The van der Waals surface area contributed by atoms with Crippen molar-refractivity contribution in [2.24, 2.45) is 0 Å². The zero-order valence-corrected chi connectivity index (χ0v) is 19.5. The van der Waals surface area contributed by atoms with Crippen LogP contribution in [-0.2, 0) is 16.0 Å². The first kappa shape index (κ1) is 24.1. The Morgan fingerprint density at radius 3 is 2.46 bits per heavy atom. The molecule has 0 saturated carbocycles. The van der Waals surface area contributed by atoms with E-state index in [1.165, 1.54) is 30.0 Å². The van der Waals surface area contributed by atoms with E-state index in [-0.39, 0.29) is 17.6 Å². The maximum absolute atomic E-state index is 14.4. The summed E-state index contributed by atoms with van der Waals surface area (Å²) in [5, 5.41) is 0. The van der Waals surface area contributed by atoms with E-state index >= 15 is 0 Å². The monoisotopic (exact) mass is 473 g/mol. The van der Waals surface area contributed by atoms with E-state index in [1.54, 1.807) is 35.4 Å². The summed E-state index contributed by atoms with van der Waals surface area (Å²) in [5.74, 6) is -0.0162. The third kappa shape index (κ3) is 6.99. The number of hydrogen-bond donors (Lipinski definition) is 0. The molecule has 6 nitrogen and oxygen atoms in total. The lowest BCUT2D eigenvalue weighted by Gasteiger charge is -2.34. The van der Waals surface area contributed by atoms with Crippen molar-refractivity contribution in [3.63, 3.8) is 0 Å². The van der Waals surface area contributed by atoms with Crippen molar-refractivity contribution >= 4 is 17.9 Å². The van der Waals surface area contributed by atoms with Gasteiger partial charge in [0.1, 0.15) is 5.75 Å². The molecule has 0 unspecified atom stereocenters. The van der Waals surface area contributed by atoms with Crippen LogP contribution in [0.15, 0.2) is 79.1 Å². The fraction of sp³-hybridized carbons (Fsp3) is 0.250. The van der Waals surface area contributed by atoms with E-state index in [9.17, 15) is 14.0 Å². The maximum atomic E-state index is 14.4. The van der Waals surface area contributed by atoms with Gasteiger partial charge in [-0.05, 0) is 54.3 Å². The molecule has 2 aromatic carbocycles. The number of nitrogens with zero attached hydrogens (tertiary/aromatic N) is 3. The molecule has 0 bridgehead atoms. The number of benzene rings is 2. The van der Waals surface area contributed by atoms with Gasteiger partial charge >= 0.3 is 0 Å².